The SMILES string of the molecule is CC(C)c1ccc2c(c1)CCC1C(C)(C(=O)OCC(COC(=O)C3(C)CCCC4(C)c5ccc(C(C)C)cc5CCC34)OC(=O)C3(C)CCCC4(C)c5ccc(C(C)C)cc5CCC34)CCCC21C. The minimum absolute atomic E-state index is 0.0867. The molecule has 0 heterocycles. The Hall–Kier alpha value is -3.93. The fourth-order valence-electron chi connectivity index (χ4n) is 16.4. The zero-order chi connectivity index (χ0) is 49.5. The molecule has 6 heteroatoms. The molecule has 6 aliphatic carbocycles. The smallest absolute Gasteiger partial charge is 0.312 e. The van der Waals surface area contributed by atoms with Crippen LogP contribution in [0, 0.1) is 34.0 Å². The summed E-state index contributed by atoms with van der Waals surface area (Å²) >= 11 is 0. The number of benzene rings is 3. The number of esters is 3. The second-order valence-corrected chi connectivity index (χ2v) is 25.8. The monoisotopic (exact) mass is 939 g/mol. The van der Waals surface area contributed by atoms with Crippen molar-refractivity contribution in [2.75, 3.05) is 13.2 Å². The standard InChI is InChI=1S/C63H86O6/c1-39(2)42-16-22-49-45(34-42)19-25-52-58(49,7)28-13-31-61(52,10)55(64)67-37-48(69-57(66)63(12)33-15-30-60(9)51-24-18-44(41(5)6)36-47(51)21-27-54(60)63)38-68-56(65)62(11)32-14-29-59(8)50-23-17-43(40(3)4)35-46(50)20-26-53(59)62/h16-18,22-24,34-36,39-41,48,52-54H,13-15,19-21,25-33,37-38H2,1-12H3. The summed E-state index contributed by atoms with van der Waals surface area (Å²) in [7, 11) is 0. The molecule has 3 aromatic carbocycles. The van der Waals surface area contributed by atoms with Crippen molar-refractivity contribution in [3.63, 3.8) is 0 Å². The van der Waals surface area contributed by atoms with Gasteiger partial charge in [0.2, 0.25) is 0 Å². The molecule has 6 aliphatic rings. The number of carbonyl (C=O) groups is 3. The van der Waals surface area contributed by atoms with Gasteiger partial charge in [-0.05, 0) is 200 Å². The van der Waals surface area contributed by atoms with Gasteiger partial charge in [-0.1, -0.05) is 136 Å². The lowest BCUT2D eigenvalue weighted by molar-refractivity contribution is -0.188. The maximum absolute atomic E-state index is 15.1. The van der Waals surface area contributed by atoms with Gasteiger partial charge in [0.15, 0.2) is 6.10 Å². The summed E-state index contributed by atoms with van der Waals surface area (Å²) in [5, 5.41) is 0. The Morgan fingerprint density at radius 1 is 0.464 bits per heavy atom. The molecule has 69 heavy (non-hydrogen) atoms. The van der Waals surface area contributed by atoms with Gasteiger partial charge in [-0.25, -0.2) is 0 Å². The van der Waals surface area contributed by atoms with Crippen LogP contribution in [-0.4, -0.2) is 37.2 Å². The van der Waals surface area contributed by atoms with E-state index in [1.165, 1.54) is 50.1 Å². The highest BCUT2D eigenvalue weighted by Gasteiger charge is 2.59. The Morgan fingerprint density at radius 2 is 0.768 bits per heavy atom. The lowest BCUT2D eigenvalue weighted by atomic mass is 9.49. The van der Waals surface area contributed by atoms with E-state index in [2.05, 4.69) is 138 Å². The predicted octanol–water partition coefficient (Wildman–Crippen LogP) is 14.5. The minimum Gasteiger partial charge on any atom is -0.461 e. The van der Waals surface area contributed by atoms with Gasteiger partial charge < -0.3 is 14.2 Å². The molecule has 3 fully saturated rings. The minimum atomic E-state index is -0.930. The van der Waals surface area contributed by atoms with Gasteiger partial charge >= 0.3 is 17.9 Å². The van der Waals surface area contributed by atoms with E-state index in [9.17, 15) is 9.59 Å². The molecule has 9 rings (SSSR count). The first-order valence-corrected chi connectivity index (χ1v) is 27.5. The highest BCUT2D eigenvalue weighted by Crippen LogP contribution is 2.61. The third-order valence-electron chi connectivity index (χ3n) is 20.6. The van der Waals surface area contributed by atoms with Crippen molar-refractivity contribution in [1.82, 2.24) is 0 Å². The molecule has 6 nitrogen and oxygen atoms in total. The van der Waals surface area contributed by atoms with Crippen LogP contribution in [0.5, 0.6) is 0 Å². The summed E-state index contributed by atoms with van der Waals surface area (Å²) < 4.78 is 19.6. The third-order valence-corrected chi connectivity index (χ3v) is 20.6. The molecule has 374 valence electrons. The Morgan fingerprint density at radius 3 is 1.07 bits per heavy atom. The molecule has 3 aromatic rings. The average molecular weight is 939 g/mol. The second kappa shape index (κ2) is 18.3. The van der Waals surface area contributed by atoms with Gasteiger partial charge in [0, 0.05) is 0 Å². The van der Waals surface area contributed by atoms with Gasteiger partial charge in [0.25, 0.3) is 0 Å². The number of ether oxygens (including phenoxy) is 3. The molecule has 0 spiro atoms. The van der Waals surface area contributed by atoms with Crippen molar-refractivity contribution in [3.05, 3.63) is 105 Å². The molecule has 3 saturated carbocycles. The summed E-state index contributed by atoms with van der Waals surface area (Å²) in [5.74, 6) is 0.976. The number of hydrogen-bond donors (Lipinski definition) is 0. The molecular formula is C63H86O6. The number of rotatable bonds is 11. The van der Waals surface area contributed by atoms with E-state index in [1.54, 1.807) is 0 Å². The third kappa shape index (κ3) is 8.34. The summed E-state index contributed by atoms with van der Waals surface area (Å²) in [6.45, 7) is 26.7. The molecule has 0 amide bonds. The first-order valence-electron chi connectivity index (χ1n) is 27.5. The fourth-order valence-corrected chi connectivity index (χ4v) is 16.4. The lowest BCUT2D eigenvalue weighted by Crippen LogP contribution is -2.54. The Labute approximate surface area is 416 Å². The predicted molar refractivity (Wildman–Crippen MR) is 277 cm³/mol. The van der Waals surface area contributed by atoms with E-state index in [-0.39, 0.29) is 65.1 Å². The Bertz CT molecular complexity index is 2350. The second-order valence-electron chi connectivity index (χ2n) is 25.8. The largest absolute Gasteiger partial charge is 0.461 e. The van der Waals surface area contributed by atoms with Crippen molar-refractivity contribution < 1.29 is 28.6 Å². The first kappa shape index (κ1) is 50.0. The fraction of sp³-hybridized carbons (Fsp3) is 0.667. The molecule has 0 aliphatic heterocycles. The van der Waals surface area contributed by atoms with Crippen LogP contribution in [0.1, 0.15) is 228 Å². The molecule has 0 radical (unpaired) electrons. The average Bonchev–Trinajstić information content (AvgIpc) is 3.31. The van der Waals surface area contributed by atoms with Gasteiger partial charge in [-0.15, -0.1) is 0 Å². The topological polar surface area (TPSA) is 78.9 Å². The van der Waals surface area contributed by atoms with Crippen molar-refractivity contribution in [2.24, 2.45) is 34.0 Å². The van der Waals surface area contributed by atoms with E-state index in [0.29, 0.717) is 17.8 Å². The normalized spacial score (nSPS) is 34.0. The Balaban J connectivity index is 0.971. The Kier molecular flexibility index (Phi) is 13.3. The molecule has 0 saturated heterocycles. The highest BCUT2D eigenvalue weighted by atomic mass is 16.6. The maximum atomic E-state index is 15.1. The molecule has 0 aromatic heterocycles. The van der Waals surface area contributed by atoms with E-state index in [1.807, 2.05) is 0 Å². The first-order chi connectivity index (χ1) is 32.6. The van der Waals surface area contributed by atoms with Gasteiger partial charge in [-0.3, -0.25) is 14.4 Å². The highest BCUT2D eigenvalue weighted by molar-refractivity contribution is 5.80. The van der Waals surface area contributed by atoms with Crippen LogP contribution in [-0.2, 0) is 64.1 Å². The van der Waals surface area contributed by atoms with Crippen LogP contribution in [0.15, 0.2) is 54.6 Å². The summed E-state index contributed by atoms with van der Waals surface area (Å²) in [6, 6.07) is 21.1. The molecule has 9 atom stereocenters. The number of hydrogen-bond acceptors (Lipinski definition) is 6. The van der Waals surface area contributed by atoms with Crippen LogP contribution < -0.4 is 0 Å². The van der Waals surface area contributed by atoms with Crippen LogP contribution >= 0.6 is 0 Å². The summed E-state index contributed by atoms with van der Waals surface area (Å²) in [6.07, 6.45) is 12.8. The van der Waals surface area contributed by atoms with Crippen molar-refractivity contribution >= 4 is 17.9 Å². The molecule has 0 bridgehead atoms. The van der Waals surface area contributed by atoms with Gasteiger partial charge in [0.1, 0.15) is 13.2 Å². The number of carbonyl (C=O) groups excluding carboxylic acids is 3. The zero-order valence-corrected chi connectivity index (χ0v) is 44.7. The zero-order valence-electron chi connectivity index (χ0n) is 44.7. The van der Waals surface area contributed by atoms with E-state index < -0.39 is 22.3 Å². The molecular weight excluding hydrogens is 853 g/mol. The number of aryl methyl sites for hydroxylation is 3. The van der Waals surface area contributed by atoms with Crippen LogP contribution in [0.25, 0.3) is 0 Å². The van der Waals surface area contributed by atoms with Crippen LogP contribution in [0.3, 0.4) is 0 Å². The number of fused-ring (bicyclic) bond motifs is 9. The lowest BCUT2D eigenvalue weighted by Gasteiger charge is -2.54. The van der Waals surface area contributed by atoms with Crippen molar-refractivity contribution in [3.8, 4) is 0 Å². The summed E-state index contributed by atoms with van der Waals surface area (Å²) in [5.41, 5.74) is 9.87. The van der Waals surface area contributed by atoms with Crippen molar-refractivity contribution in [2.45, 2.75) is 219 Å². The van der Waals surface area contributed by atoms with Crippen molar-refractivity contribution in [1.29, 1.82) is 0 Å². The van der Waals surface area contributed by atoms with Crippen LogP contribution in [0.2, 0.25) is 0 Å². The van der Waals surface area contributed by atoms with E-state index in [4.69, 9.17) is 14.2 Å². The van der Waals surface area contributed by atoms with E-state index in [0.717, 1.165) is 96.3 Å². The molecule has 9 unspecified atom stereocenters. The van der Waals surface area contributed by atoms with E-state index >= 15 is 4.79 Å². The summed E-state index contributed by atoms with van der Waals surface area (Å²) in [4.78, 5) is 44.8. The molecule has 0 N–H and O–H groups in total. The van der Waals surface area contributed by atoms with Crippen LogP contribution in [0.4, 0.5) is 0 Å². The quantitative estimate of drug-likeness (QED) is 0.141. The maximum Gasteiger partial charge on any atom is 0.312 e. The van der Waals surface area contributed by atoms with Gasteiger partial charge in [0.05, 0.1) is 16.2 Å². The van der Waals surface area contributed by atoms with Gasteiger partial charge in [-0.2, -0.15) is 0 Å².